The highest BCUT2D eigenvalue weighted by Gasteiger charge is 2.28. The van der Waals surface area contributed by atoms with Gasteiger partial charge in [-0.3, -0.25) is 14.0 Å². The number of anilines is 1. The molecule has 3 rings (SSSR count). The first-order chi connectivity index (χ1) is 11.9. The molecule has 1 N–H and O–H groups in total. The number of amides is 2. The molecule has 0 radical (unpaired) electrons. The van der Waals surface area contributed by atoms with Crippen LogP contribution < -0.4 is 4.90 Å². The van der Waals surface area contributed by atoms with E-state index in [-0.39, 0.29) is 5.91 Å². The first-order valence-electron chi connectivity index (χ1n) is 7.63. The molecule has 0 unspecified atom stereocenters. The van der Waals surface area contributed by atoms with E-state index in [0.29, 0.717) is 37.6 Å². The van der Waals surface area contributed by atoms with Gasteiger partial charge in [0.2, 0.25) is 0 Å². The maximum Gasteiger partial charge on any atom is 0.407 e. The van der Waals surface area contributed by atoms with Gasteiger partial charge in [0.1, 0.15) is 12.1 Å². The number of carbonyl (C=O) groups is 2. The molecule has 1 aliphatic heterocycles. The molecule has 9 nitrogen and oxygen atoms in total. The second-order valence-corrected chi connectivity index (χ2v) is 6.47. The quantitative estimate of drug-likeness (QED) is 0.770. The van der Waals surface area contributed by atoms with Gasteiger partial charge in [-0.25, -0.2) is 14.8 Å². The number of hydrogen-bond acceptors (Lipinski definition) is 5. The Kier molecular flexibility index (Phi) is 4.82. The molecule has 2 amide bonds. The molecule has 0 bridgehead atoms. The van der Waals surface area contributed by atoms with Crippen LogP contribution in [0, 0.1) is 0 Å². The molecule has 2 aromatic rings. The van der Waals surface area contributed by atoms with Gasteiger partial charge in [0, 0.05) is 37.7 Å². The van der Waals surface area contributed by atoms with Crippen LogP contribution >= 0.6 is 15.9 Å². The van der Waals surface area contributed by atoms with Gasteiger partial charge in [0.25, 0.3) is 5.91 Å². The Balaban J connectivity index is 2.06. The van der Waals surface area contributed by atoms with Crippen molar-refractivity contribution in [2.75, 3.05) is 45.2 Å². The standard InChI is InChI=1S/C15H18BrN5O4/c1-18(25-2)14(22)10-7-11(16)12-8-17-9-21(12)13(10)19-3-5-20(6-4-19)15(23)24/h7-9H,3-6H2,1-2H3,(H,23,24). The van der Waals surface area contributed by atoms with Gasteiger partial charge >= 0.3 is 6.09 Å². The van der Waals surface area contributed by atoms with Gasteiger partial charge in [-0.2, -0.15) is 0 Å². The molecule has 1 saturated heterocycles. The normalized spacial score (nSPS) is 14.8. The number of rotatable bonds is 3. The SMILES string of the molecule is CON(C)C(=O)c1cc(Br)c2cncn2c1N1CCN(C(=O)O)CC1. The van der Waals surface area contributed by atoms with E-state index in [4.69, 9.17) is 9.94 Å². The largest absolute Gasteiger partial charge is 0.465 e. The summed E-state index contributed by atoms with van der Waals surface area (Å²) in [6, 6.07) is 1.74. The zero-order valence-electron chi connectivity index (χ0n) is 13.8. The van der Waals surface area contributed by atoms with Crippen molar-refractivity contribution in [2.45, 2.75) is 0 Å². The highest BCUT2D eigenvalue weighted by atomic mass is 79.9. The lowest BCUT2D eigenvalue weighted by Crippen LogP contribution is -2.49. The molecule has 0 saturated carbocycles. The summed E-state index contributed by atoms with van der Waals surface area (Å²) in [5, 5.41) is 10.3. The number of pyridine rings is 1. The predicted octanol–water partition coefficient (Wildman–Crippen LogP) is 1.53. The first kappa shape index (κ1) is 17.5. The van der Waals surface area contributed by atoms with Crippen LogP contribution in [0.3, 0.4) is 0 Å². The maximum absolute atomic E-state index is 12.7. The van der Waals surface area contributed by atoms with Gasteiger partial charge in [0.15, 0.2) is 0 Å². The molecule has 1 fully saturated rings. The summed E-state index contributed by atoms with van der Waals surface area (Å²) < 4.78 is 2.57. The van der Waals surface area contributed by atoms with Crippen molar-refractivity contribution in [3.63, 3.8) is 0 Å². The van der Waals surface area contributed by atoms with Crippen molar-refractivity contribution in [3.05, 3.63) is 28.6 Å². The zero-order valence-corrected chi connectivity index (χ0v) is 15.4. The summed E-state index contributed by atoms with van der Waals surface area (Å²) in [6.07, 6.45) is 2.41. The molecule has 25 heavy (non-hydrogen) atoms. The molecule has 0 aromatic carbocycles. The van der Waals surface area contributed by atoms with Crippen molar-refractivity contribution in [3.8, 4) is 0 Å². The molecule has 2 aromatic heterocycles. The second kappa shape index (κ2) is 6.89. The Morgan fingerprint density at radius 1 is 1.32 bits per heavy atom. The number of carboxylic acid groups (broad SMARTS) is 1. The fourth-order valence-electron chi connectivity index (χ4n) is 2.88. The molecular formula is C15H18BrN5O4. The number of fused-ring (bicyclic) bond motifs is 1. The fraction of sp³-hybridized carbons (Fsp3) is 0.400. The Labute approximate surface area is 152 Å². The third kappa shape index (κ3) is 3.14. The van der Waals surface area contributed by atoms with Crippen LogP contribution in [0.4, 0.5) is 10.6 Å². The molecular weight excluding hydrogens is 394 g/mol. The lowest BCUT2D eigenvalue weighted by atomic mass is 10.2. The Morgan fingerprint density at radius 2 is 2.00 bits per heavy atom. The summed E-state index contributed by atoms with van der Waals surface area (Å²) in [5.41, 5.74) is 1.28. The van der Waals surface area contributed by atoms with Crippen LogP contribution in [0.5, 0.6) is 0 Å². The number of nitrogens with zero attached hydrogens (tertiary/aromatic N) is 5. The minimum absolute atomic E-state index is 0.297. The summed E-state index contributed by atoms with van der Waals surface area (Å²) in [6.45, 7) is 1.71. The van der Waals surface area contributed by atoms with Gasteiger partial charge < -0.3 is 14.9 Å². The van der Waals surface area contributed by atoms with E-state index in [1.165, 1.54) is 12.0 Å². The third-order valence-corrected chi connectivity index (χ3v) is 4.90. The van der Waals surface area contributed by atoms with Gasteiger partial charge in [-0.1, -0.05) is 0 Å². The summed E-state index contributed by atoms with van der Waals surface area (Å²) >= 11 is 3.48. The van der Waals surface area contributed by atoms with Crippen molar-refractivity contribution in [1.82, 2.24) is 19.3 Å². The van der Waals surface area contributed by atoms with Crippen molar-refractivity contribution < 1.29 is 19.5 Å². The maximum atomic E-state index is 12.7. The molecule has 3 heterocycles. The molecule has 10 heteroatoms. The van der Waals surface area contributed by atoms with E-state index >= 15 is 0 Å². The van der Waals surface area contributed by atoms with Crippen molar-refractivity contribution in [1.29, 1.82) is 0 Å². The van der Waals surface area contributed by atoms with Crippen LogP contribution in [0.15, 0.2) is 23.1 Å². The number of imidazole rings is 1. The van der Waals surface area contributed by atoms with Crippen LogP contribution in [0.1, 0.15) is 10.4 Å². The lowest BCUT2D eigenvalue weighted by molar-refractivity contribution is -0.0756. The number of aromatic nitrogens is 2. The molecule has 1 aliphatic rings. The topological polar surface area (TPSA) is 90.6 Å². The summed E-state index contributed by atoms with van der Waals surface area (Å²) in [5.74, 6) is 0.379. The van der Waals surface area contributed by atoms with Crippen LogP contribution in [-0.4, -0.2) is 76.8 Å². The number of piperazine rings is 1. The first-order valence-corrected chi connectivity index (χ1v) is 8.43. The number of hydrogen-bond donors (Lipinski definition) is 1. The van der Waals surface area contributed by atoms with Crippen LogP contribution in [0.25, 0.3) is 5.52 Å². The van der Waals surface area contributed by atoms with Crippen LogP contribution in [-0.2, 0) is 4.84 Å². The smallest absolute Gasteiger partial charge is 0.407 e. The van der Waals surface area contributed by atoms with E-state index in [1.54, 1.807) is 25.6 Å². The van der Waals surface area contributed by atoms with Gasteiger partial charge in [-0.15, -0.1) is 0 Å². The molecule has 0 aliphatic carbocycles. The second-order valence-electron chi connectivity index (χ2n) is 5.62. The van der Waals surface area contributed by atoms with E-state index in [1.807, 2.05) is 9.30 Å². The number of carbonyl (C=O) groups excluding carboxylic acids is 1. The van der Waals surface area contributed by atoms with E-state index in [0.717, 1.165) is 15.1 Å². The highest BCUT2D eigenvalue weighted by Crippen LogP contribution is 2.30. The lowest BCUT2D eigenvalue weighted by Gasteiger charge is -2.36. The fourth-order valence-corrected chi connectivity index (χ4v) is 3.40. The average molecular weight is 412 g/mol. The van der Waals surface area contributed by atoms with E-state index in [9.17, 15) is 9.59 Å². The minimum Gasteiger partial charge on any atom is -0.465 e. The average Bonchev–Trinajstić information content (AvgIpc) is 3.10. The minimum atomic E-state index is -0.932. The Hall–Kier alpha value is -2.33. The van der Waals surface area contributed by atoms with Crippen LogP contribution in [0.2, 0.25) is 0 Å². The number of hydroxylamine groups is 2. The Morgan fingerprint density at radius 3 is 2.60 bits per heavy atom. The highest BCUT2D eigenvalue weighted by molar-refractivity contribution is 9.10. The molecule has 134 valence electrons. The van der Waals surface area contributed by atoms with Crippen molar-refractivity contribution in [2.24, 2.45) is 0 Å². The molecule has 0 spiro atoms. The summed E-state index contributed by atoms with van der Waals surface area (Å²) in [7, 11) is 2.97. The zero-order chi connectivity index (χ0) is 18.1. The van der Waals surface area contributed by atoms with E-state index in [2.05, 4.69) is 20.9 Å². The summed E-state index contributed by atoms with van der Waals surface area (Å²) in [4.78, 5) is 36.4. The van der Waals surface area contributed by atoms with Crippen molar-refractivity contribution >= 4 is 39.3 Å². The van der Waals surface area contributed by atoms with Gasteiger partial charge in [-0.05, 0) is 22.0 Å². The van der Waals surface area contributed by atoms with E-state index < -0.39 is 6.09 Å². The monoisotopic (exact) mass is 411 g/mol. The molecule has 0 atom stereocenters. The Bertz CT molecular complexity index is 816. The number of halogens is 1. The van der Waals surface area contributed by atoms with Gasteiger partial charge in [0.05, 0.1) is 24.4 Å². The third-order valence-electron chi connectivity index (χ3n) is 4.26. The predicted molar refractivity (Wildman–Crippen MR) is 93.8 cm³/mol.